The van der Waals surface area contributed by atoms with E-state index in [1.54, 1.807) is 13.1 Å². The van der Waals surface area contributed by atoms with E-state index < -0.39 is 5.97 Å². The Bertz CT molecular complexity index is 1080. The van der Waals surface area contributed by atoms with Gasteiger partial charge in [0, 0.05) is 27.5 Å². The lowest BCUT2D eigenvalue weighted by Gasteiger charge is -2.10. The topological polar surface area (TPSA) is 81.0 Å². The predicted molar refractivity (Wildman–Crippen MR) is 99.4 cm³/mol. The van der Waals surface area contributed by atoms with Gasteiger partial charge in [-0.25, -0.2) is 9.78 Å². The van der Waals surface area contributed by atoms with E-state index in [1.807, 2.05) is 48.5 Å². The third-order valence-electron chi connectivity index (χ3n) is 4.19. The molecule has 0 atom stereocenters. The van der Waals surface area contributed by atoms with Crippen molar-refractivity contribution in [3.05, 3.63) is 60.4 Å². The first-order valence-corrected chi connectivity index (χ1v) is 8.11. The van der Waals surface area contributed by atoms with Crippen LogP contribution in [0.2, 0.25) is 0 Å². The van der Waals surface area contributed by atoms with Gasteiger partial charge in [0.2, 0.25) is 0 Å². The molecule has 5 heteroatoms. The molecule has 0 saturated heterocycles. The van der Waals surface area contributed by atoms with Crippen LogP contribution in [-0.2, 0) is 4.74 Å². The number of carbonyl (C=O) groups excluding carboxylic acids is 1. The Morgan fingerprint density at radius 3 is 2.72 bits per heavy atom. The highest BCUT2D eigenvalue weighted by atomic mass is 16.5. The van der Waals surface area contributed by atoms with Crippen LogP contribution >= 0.6 is 0 Å². The van der Waals surface area contributed by atoms with Crippen LogP contribution in [0.3, 0.4) is 0 Å². The molecule has 0 aliphatic heterocycles. The minimum Gasteiger partial charge on any atom is -0.461 e. The Hall–Kier alpha value is -3.34. The highest BCUT2D eigenvalue weighted by Gasteiger charge is 2.21. The van der Waals surface area contributed by atoms with Gasteiger partial charge in [0.15, 0.2) is 5.69 Å². The predicted octanol–water partition coefficient (Wildman–Crippen LogP) is 4.14. The van der Waals surface area contributed by atoms with Gasteiger partial charge in [-0.15, -0.1) is 0 Å². The highest BCUT2D eigenvalue weighted by molar-refractivity contribution is 6.18. The molecular formula is C20H17N3O2. The molecule has 0 spiro atoms. The number of H-pyrrole nitrogens is 1. The molecule has 3 N–H and O–H groups in total. The van der Waals surface area contributed by atoms with E-state index in [0.717, 1.165) is 32.9 Å². The molecule has 2 aromatic carbocycles. The molecule has 124 valence electrons. The molecule has 0 aliphatic carbocycles. The summed E-state index contributed by atoms with van der Waals surface area (Å²) in [7, 11) is 0. The van der Waals surface area contributed by atoms with Gasteiger partial charge in [-0.05, 0) is 30.7 Å². The van der Waals surface area contributed by atoms with Crippen LogP contribution in [0.25, 0.3) is 32.9 Å². The number of hydrogen-bond acceptors (Lipinski definition) is 4. The van der Waals surface area contributed by atoms with Gasteiger partial charge in [0.05, 0.1) is 18.3 Å². The zero-order valence-corrected chi connectivity index (χ0v) is 13.7. The molecule has 0 unspecified atom stereocenters. The van der Waals surface area contributed by atoms with Crippen molar-refractivity contribution in [2.24, 2.45) is 0 Å². The summed E-state index contributed by atoms with van der Waals surface area (Å²) in [6.07, 6.45) is 1.67. The Kier molecular flexibility index (Phi) is 3.61. The van der Waals surface area contributed by atoms with Gasteiger partial charge in [-0.2, -0.15) is 0 Å². The SMILES string of the molecule is CCOC(=O)c1ncc2[nH]c3ccc(N)cc3c2c1-c1ccccc1. The Labute approximate surface area is 144 Å². The van der Waals surface area contributed by atoms with Crippen molar-refractivity contribution in [2.45, 2.75) is 6.92 Å². The molecule has 2 heterocycles. The smallest absolute Gasteiger partial charge is 0.357 e. The average molecular weight is 331 g/mol. The van der Waals surface area contributed by atoms with E-state index in [0.29, 0.717) is 18.0 Å². The molecule has 5 nitrogen and oxygen atoms in total. The lowest BCUT2D eigenvalue weighted by atomic mass is 9.98. The molecular weight excluding hydrogens is 314 g/mol. The number of carbonyl (C=O) groups is 1. The summed E-state index contributed by atoms with van der Waals surface area (Å²) in [6, 6.07) is 15.4. The first-order chi connectivity index (χ1) is 12.2. The summed E-state index contributed by atoms with van der Waals surface area (Å²) in [5, 5.41) is 1.88. The number of rotatable bonds is 3. The van der Waals surface area contributed by atoms with Crippen LogP contribution < -0.4 is 5.73 Å². The van der Waals surface area contributed by atoms with E-state index in [4.69, 9.17) is 10.5 Å². The Morgan fingerprint density at radius 2 is 1.96 bits per heavy atom. The standard InChI is InChI=1S/C20H17N3O2/c1-2-25-20(24)19-17(12-6-4-3-5-7-12)18-14-10-13(21)8-9-15(14)23-16(18)11-22-19/h3-11,23H,2,21H2,1H3. The third-order valence-corrected chi connectivity index (χ3v) is 4.19. The number of hydrogen-bond donors (Lipinski definition) is 2. The van der Waals surface area contributed by atoms with Gasteiger partial charge in [0.25, 0.3) is 0 Å². The number of esters is 1. The second kappa shape index (κ2) is 5.94. The maximum atomic E-state index is 12.5. The number of nitrogens with one attached hydrogen (secondary N) is 1. The van der Waals surface area contributed by atoms with E-state index in [9.17, 15) is 4.79 Å². The van der Waals surface area contributed by atoms with Crippen molar-refractivity contribution in [2.75, 3.05) is 12.3 Å². The number of fused-ring (bicyclic) bond motifs is 3. The second-order valence-electron chi connectivity index (χ2n) is 5.79. The molecule has 4 aromatic rings. The maximum absolute atomic E-state index is 12.5. The van der Waals surface area contributed by atoms with Crippen molar-refractivity contribution in [3.8, 4) is 11.1 Å². The quantitative estimate of drug-likeness (QED) is 0.437. The zero-order valence-electron chi connectivity index (χ0n) is 13.7. The number of ether oxygens (including phenoxy) is 1. The highest BCUT2D eigenvalue weighted by Crippen LogP contribution is 2.37. The molecule has 2 aromatic heterocycles. The fourth-order valence-corrected chi connectivity index (χ4v) is 3.15. The van der Waals surface area contributed by atoms with Crippen molar-refractivity contribution >= 4 is 33.5 Å². The lowest BCUT2D eigenvalue weighted by Crippen LogP contribution is -2.09. The lowest BCUT2D eigenvalue weighted by molar-refractivity contribution is 0.0520. The zero-order chi connectivity index (χ0) is 17.4. The van der Waals surface area contributed by atoms with Gasteiger partial charge in [-0.1, -0.05) is 30.3 Å². The van der Waals surface area contributed by atoms with E-state index in [1.165, 1.54) is 0 Å². The second-order valence-corrected chi connectivity index (χ2v) is 5.79. The third kappa shape index (κ3) is 2.50. The maximum Gasteiger partial charge on any atom is 0.357 e. The molecule has 0 radical (unpaired) electrons. The van der Waals surface area contributed by atoms with E-state index in [-0.39, 0.29) is 0 Å². The fourth-order valence-electron chi connectivity index (χ4n) is 3.15. The van der Waals surface area contributed by atoms with Crippen LogP contribution in [0.4, 0.5) is 5.69 Å². The number of aromatic nitrogens is 2. The Balaban J connectivity index is 2.14. The molecule has 0 bridgehead atoms. The number of aromatic amines is 1. The van der Waals surface area contributed by atoms with Crippen molar-refractivity contribution in [1.82, 2.24) is 9.97 Å². The normalized spacial score (nSPS) is 11.1. The molecule has 4 rings (SSSR count). The summed E-state index contributed by atoms with van der Waals surface area (Å²) >= 11 is 0. The number of nitrogens with two attached hydrogens (primary N) is 1. The first kappa shape index (κ1) is 15.2. The number of anilines is 1. The van der Waals surface area contributed by atoms with Crippen molar-refractivity contribution in [3.63, 3.8) is 0 Å². The van der Waals surface area contributed by atoms with Gasteiger partial charge in [-0.3, -0.25) is 0 Å². The molecule has 25 heavy (non-hydrogen) atoms. The monoisotopic (exact) mass is 331 g/mol. The van der Waals surface area contributed by atoms with Crippen molar-refractivity contribution in [1.29, 1.82) is 0 Å². The first-order valence-electron chi connectivity index (χ1n) is 8.11. The largest absolute Gasteiger partial charge is 0.461 e. The molecule has 0 fully saturated rings. The van der Waals surface area contributed by atoms with Crippen LogP contribution in [0, 0.1) is 0 Å². The van der Waals surface area contributed by atoms with Crippen LogP contribution in [0.15, 0.2) is 54.7 Å². The molecule has 0 amide bonds. The van der Waals surface area contributed by atoms with Crippen molar-refractivity contribution < 1.29 is 9.53 Å². The van der Waals surface area contributed by atoms with Crippen LogP contribution in [0.5, 0.6) is 0 Å². The minimum atomic E-state index is -0.429. The average Bonchev–Trinajstić information content (AvgIpc) is 2.99. The minimum absolute atomic E-state index is 0.299. The van der Waals surface area contributed by atoms with Gasteiger partial charge in [0.1, 0.15) is 0 Å². The number of nitrogens with zero attached hydrogens (tertiary/aromatic N) is 1. The van der Waals surface area contributed by atoms with Crippen LogP contribution in [-0.4, -0.2) is 22.5 Å². The fraction of sp³-hybridized carbons (Fsp3) is 0.100. The number of benzene rings is 2. The summed E-state index contributed by atoms with van der Waals surface area (Å²) in [5.41, 5.74) is 10.4. The Morgan fingerprint density at radius 1 is 1.16 bits per heavy atom. The van der Waals surface area contributed by atoms with Gasteiger partial charge >= 0.3 is 5.97 Å². The van der Waals surface area contributed by atoms with E-state index in [2.05, 4.69) is 9.97 Å². The summed E-state index contributed by atoms with van der Waals surface area (Å²) in [5.74, 6) is -0.429. The van der Waals surface area contributed by atoms with Crippen LogP contribution in [0.1, 0.15) is 17.4 Å². The number of pyridine rings is 1. The van der Waals surface area contributed by atoms with E-state index >= 15 is 0 Å². The molecule has 0 aliphatic rings. The summed E-state index contributed by atoms with van der Waals surface area (Å²) in [4.78, 5) is 20.2. The summed E-state index contributed by atoms with van der Waals surface area (Å²) in [6.45, 7) is 2.08. The summed E-state index contributed by atoms with van der Waals surface area (Å²) < 4.78 is 5.22. The molecule has 0 saturated carbocycles. The number of nitrogen functional groups attached to an aromatic ring is 1. The van der Waals surface area contributed by atoms with Gasteiger partial charge < -0.3 is 15.5 Å².